The summed E-state index contributed by atoms with van der Waals surface area (Å²) in [6.07, 6.45) is 2.30. The van der Waals surface area contributed by atoms with Crippen molar-refractivity contribution >= 4 is 0 Å². The van der Waals surface area contributed by atoms with Crippen molar-refractivity contribution in [1.82, 2.24) is 0 Å². The maximum Gasteiger partial charge on any atom is 0.160 e. The normalized spacial score (nSPS) is 11.2. The number of nitrogens with zero attached hydrogens (tertiary/aromatic N) is 3. The second-order valence-electron chi connectivity index (χ2n) is 3.36. The highest BCUT2D eigenvalue weighted by Crippen LogP contribution is 2.32. The molecule has 1 rings (SSSR count). The molecular formula is C12H15N3O2. The Morgan fingerprint density at radius 3 is 2.65 bits per heavy atom. The number of hydrogen-bond acceptors (Lipinski definition) is 3. The first-order valence-electron chi connectivity index (χ1n) is 5.13. The monoisotopic (exact) mass is 233 g/mol. The minimum Gasteiger partial charge on any atom is -0.493 e. The Morgan fingerprint density at radius 1 is 1.41 bits per heavy atom. The number of benzene rings is 1. The Labute approximate surface area is 100 Å². The summed E-state index contributed by atoms with van der Waals surface area (Å²) in [4.78, 5) is 2.83. The van der Waals surface area contributed by atoms with E-state index in [2.05, 4.69) is 16.6 Å². The molecule has 90 valence electrons. The third-order valence-corrected chi connectivity index (χ3v) is 2.37. The van der Waals surface area contributed by atoms with E-state index in [1.54, 1.807) is 26.4 Å². The van der Waals surface area contributed by atoms with Crippen molar-refractivity contribution in [3.05, 3.63) is 46.9 Å². The van der Waals surface area contributed by atoms with Gasteiger partial charge in [0.15, 0.2) is 11.5 Å². The molecule has 0 N–H and O–H groups in total. The molecule has 0 bridgehead atoms. The highest BCUT2D eigenvalue weighted by Gasteiger charge is 2.11. The van der Waals surface area contributed by atoms with Gasteiger partial charge in [0.1, 0.15) is 0 Å². The molecule has 0 aliphatic carbocycles. The fourth-order valence-electron chi connectivity index (χ4n) is 1.53. The molecule has 5 nitrogen and oxygen atoms in total. The SMILES string of the molecule is C=CC[C@H](N=[N+]=[N-])c1ccc(OC)c(OC)c1. The molecule has 17 heavy (non-hydrogen) atoms. The van der Waals surface area contributed by atoms with Crippen molar-refractivity contribution in [2.45, 2.75) is 12.5 Å². The van der Waals surface area contributed by atoms with Gasteiger partial charge in [0.25, 0.3) is 0 Å². The van der Waals surface area contributed by atoms with E-state index < -0.39 is 0 Å². The molecule has 0 heterocycles. The Morgan fingerprint density at radius 2 is 2.12 bits per heavy atom. The molecule has 0 aliphatic heterocycles. The molecule has 1 aromatic carbocycles. The van der Waals surface area contributed by atoms with Crippen molar-refractivity contribution in [1.29, 1.82) is 0 Å². The third-order valence-electron chi connectivity index (χ3n) is 2.37. The van der Waals surface area contributed by atoms with Crippen LogP contribution in [0.3, 0.4) is 0 Å². The van der Waals surface area contributed by atoms with E-state index in [1.807, 2.05) is 12.1 Å². The first kappa shape index (κ1) is 12.9. The standard InChI is InChI=1S/C12H15N3O2/c1-4-5-10(14-15-13)9-6-7-11(16-2)12(8-9)17-3/h4,6-8,10H,1,5H2,2-3H3/t10-/m0/s1. The third kappa shape index (κ3) is 3.16. The van der Waals surface area contributed by atoms with Gasteiger partial charge in [0.2, 0.25) is 0 Å². The summed E-state index contributed by atoms with van der Waals surface area (Å²) in [5.41, 5.74) is 9.40. The number of azide groups is 1. The zero-order valence-corrected chi connectivity index (χ0v) is 9.96. The highest BCUT2D eigenvalue weighted by molar-refractivity contribution is 5.43. The second-order valence-corrected chi connectivity index (χ2v) is 3.36. The Balaban J connectivity index is 3.11. The summed E-state index contributed by atoms with van der Waals surface area (Å²) in [6, 6.07) is 5.18. The number of rotatable bonds is 6. The van der Waals surface area contributed by atoms with E-state index in [-0.39, 0.29) is 6.04 Å². The van der Waals surface area contributed by atoms with Gasteiger partial charge in [0, 0.05) is 4.91 Å². The van der Waals surface area contributed by atoms with Gasteiger partial charge in [-0.3, -0.25) is 0 Å². The predicted molar refractivity (Wildman–Crippen MR) is 66.2 cm³/mol. The lowest BCUT2D eigenvalue weighted by molar-refractivity contribution is 0.354. The summed E-state index contributed by atoms with van der Waals surface area (Å²) in [6.45, 7) is 3.65. The van der Waals surface area contributed by atoms with E-state index in [0.717, 1.165) is 5.56 Å². The van der Waals surface area contributed by atoms with Crippen molar-refractivity contribution in [3.8, 4) is 11.5 Å². The fraction of sp³-hybridized carbons (Fsp3) is 0.333. The van der Waals surface area contributed by atoms with Crippen LogP contribution in [-0.4, -0.2) is 14.2 Å². The van der Waals surface area contributed by atoms with Crippen LogP contribution in [0.5, 0.6) is 11.5 Å². The van der Waals surface area contributed by atoms with Crippen LogP contribution >= 0.6 is 0 Å². The summed E-state index contributed by atoms with van der Waals surface area (Å²) in [5, 5.41) is 3.73. The van der Waals surface area contributed by atoms with Gasteiger partial charge >= 0.3 is 0 Å². The molecule has 0 amide bonds. The molecule has 0 fully saturated rings. The van der Waals surface area contributed by atoms with Crippen LogP contribution in [0.25, 0.3) is 10.4 Å². The molecule has 1 aromatic rings. The minimum atomic E-state index is -0.266. The summed E-state index contributed by atoms with van der Waals surface area (Å²) in [7, 11) is 3.14. The first-order chi connectivity index (χ1) is 8.26. The van der Waals surface area contributed by atoms with Crippen molar-refractivity contribution in [2.75, 3.05) is 14.2 Å². The molecule has 0 unspecified atom stereocenters. The van der Waals surface area contributed by atoms with Gasteiger partial charge < -0.3 is 9.47 Å². The van der Waals surface area contributed by atoms with Crippen LogP contribution in [0.15, 0.2) is 36.0 Å². The zero-order valence-electron chi connectivity index (χ0n) is 9.96. The zero-order chi connectivity index (χ0) is 12.7. The van der Waals surface area contributed by atoms with Crippen LogP contribution in [0, 0.1) is 0 Å². The van der Waals surface area contributed by atoms with Crippen molar-refractivity contribution in [2.24, 2.45) is 5.11 Å². The first-order valence-corrected chi connectivity index (χ1v) is 5.13. The van der Waals surface area contributed by atoms with Gasteiger partial charge in [-0.25, -0.2) is 0 Å². The van der Waals surface area contributed by atoms with Crippen LogP contribution in [0.2, 0.25) is 0 Å². The van der Waals surface area contributed by atoms with Crippen molar-refractivity contribution in [3.63, 3.8) is 0 Å². The largest absolute Gasteiger partial charge is 0.493 e. The second kappa shape index (κ2) is 6.45. The molecule has 0 aromatic heterocycles. The number of methoxy groups -OCH3 is 2. The minimum absolute atomic E-state index is 0.266. The fourth-order valence-corrected chi connectivity index (χ4v) is 1.53. The predicted octanol–water partition coefficient (Wildman–Crippen LogP) is 3.63. The van der Waals surface area contributed by atoms with E-state index >= 15 is 0 Å². The van der Waals surface area contributed by atoms with E-state index in [0.29, 0.717) is 17.9 Å². The van der Waals surface area contributed by atoms with Crippen LogP contribution < -0.4 is 9.47 Å². The summed E-state index contributed by atoms with van der Waals surface area (Å²) < 4.78 is 10.3. The molecule has 5 heteroatoms. The molecule has 0 spiro atoms. The van der Waals surface area contributed by atoms with Gasteiger partial charge in [-0.05, 0) is 29.6 Å². The smallest absolute Gasteiger partial charge is 0.160 e. The molecular weight excluding hydrogens is 218 g/mol. The van der Waals surface area contributed by atoms with Crippen LogP contribution in [-0.2, 0) is 0 Å². The van der Waals surface area contributed by atoms with E-state index in [1.165, 1.54) is 0 Å². The molecule has 0 radical (unpaired) electrons. The van der Waals surface area contributed by atoms with Crippen LogP contribution in [0.4, 0.5) is 0 Å². The van der Waals surface area contributed by atoms with Gasteiger partial charge in [-0.2, -0.15) is 0 Å². The quantitative estimate of drug-likeness (QED) is 0.326. The summed E-state index contributed by atoms with van der Waals surface area (Å²) in [5.74, 6) is 1.27. The van der Waals surface area contributed by atoms with E-state index in [9.17, 15) is 0 Å². The molecule has 0 saturated heterocycles. The van der Waals surface area contributed by atoms with Crippen molar-refractivity contribution < 1.29 is 9.47 Å². The van der Waals surface area contributed by atoms with Crippen LogP contribution in [0.1, 0.15) is 18.0 Å². The summed E-state index contributed by atoms with van der Waals surface area (Å²) >= 11 is 0. The maximum atomic E-state index is 8.52. The van der Waals surface area contributed by atoms with Gasteiger partial charge in [-0.1, -0.05) is 17.3 Å². The molecule has 0 aliphatic rings. The lowest BCUT2D eigenvalue weighted by Gasteiger charge is -2.13. The average Bonchev–Trinajstić information content (AvgIpc) is 2.37. The lowest BCUT2D eigenvalue weighted by atomic mass is 10.0. The molecule has 1 atom stereocenters. The number of hydrogen-bond donors (Lipinski definition) is 0. The topological polar surface area (TPSA) is 67.2 Å². The van der Waals surface area contributed by atoms with Gasteiger partial charge in [-0.15, -0.1) is 6.58 Å². The van der Waals surface area contributed by atoms with E-state index in [4.69, 9.17) is 15.0 Å². The van der Waals surface area contributed by atoms with Gasteiger partial charge in [0.05, 0.1) is 20.3 Å². The number of ether oxygens (including phenoxy) is 2. The maximum absolute atomic E-state index is 8.52. The lowest BCUT2D eigenvalue weighted by Crippen LogP contribution is -1.96. The average molecular weight is 233 g/mol. The Kier molecular flexibility index (Phi) is 4.91. The molecule has 0 saturated carbocycles. The Bertz CT molecular complexity index is 439. The Hall–Kier alpha value is -2.13. The highest BCUT2D eigenvalue weighted by atomic mass is 16.5.